The van der Waals surface area contributed by atoms with Gasteiger partial charge < -0.3 is 15.2 Å². The molecule has 4 nitrogen and oxygen atoms in total. The summed E-state index contributed by atoms with van der Waals surface area (Å²) in [6.07, 6.45) is 0.209. The molecule has 0 aromatic heterocycles. The first-order valence-corrected chi connectivity index (χ1v) is 4.96. The van der Waals surface area contributed by atoms with Crippen LogP contribution in [-0.2, 0) is 11.4 Å². The number of carbonyl (C=O) groups excluding carboxylic acids is 1. The van der Waals surface area contributed by atoms with Gasteiger partial charge in [0.15, 0.2) is 6.10 Å². The van der Waals surface area contributed by atoms with Crippen LogP contribution >= 0.6 is 0 Å². The molecule has 2 rings (SSSR count). The summed E-state index contributed by atoms with van der Waals surface area (Å²) >= 11 is 0. The summed E-state index contributed by atoms with van der Waals surface area (Å²) in [5, 5.41) is 11.7. The van der Waals surface area contributed by atoms with Crippen LogP contribution in [0.1, 0.15) is 18.9 Å². The maximum absolute atomic E-state index is 11.5. The minimum Gasteiger partial charge on any atom is -0.478 e. The van der Waals surface area contributed by atoms with Crippen molar-refractivity contribution in [2.75, 3.05) is 5.32 Å². The molecular weight excluding hydrogens is 194 g/mol. The Morgan fingerprint density at radius 2 is 2.33 bits per heavy atom. The number of anilines is 1. The van der Waals surface area contributed by atoms with E-state index in [1.54, 1.807) is 18.2 Å². The standard InChI is InChI=1S/C11H13NO3/c1-2-9-11(14)12-8-4-3-7(6-13)5-10(8)15-9/h3-5,9,13H,2,6H2,1H3,(H,12,14). The fourth-order valence-corrected chi connectivity index (χ4v) is 1.55. The fourth-order valence-electron chi connectivity index (χ4n) is 1.55. The molecule has 1 atom stereocenters. The smallest absolute Gasteiger partial charge is 0.265 e. The number of hydrogen-bond donors (Lipinski definition) is 2. The number of aliphatic hydroxyl groups excluding tert-OH is 1. The predicted octanol–water partition coefficient (Wildman–Crippen LogP) is 1.29. The maximum Gasteiger partial charge on any atom is 0.265 e. The van der Waals surface area contributed by atoms with Gasteiger partial charge in [-0.15, -0.1) is 0 Å². The Morgan fingerprint density at radius 1 is 1.53 bits per heavy atom. The Kier molecular flexibility index (Phi) is 2.60. The molecule has 1 aromatic carbocycles. The Morgan fingerprint density at radius 3 is 3.00 bits per heavy atom. The summed E-state index contributed by atoms with van der Waals surface area (Å²) in [5.74, 6) is 0.523. The summed E-state index contributed by atoms with van der Waals surface area (Å²) in [6.45, 7) is 1.87. The highest BCUT2D eigenvalue weighted by molar-refractivity contribution is 5.97. The molecule has 15 heavy (non-hydrogen) atoms. The number of hydrogen-bond acceptors (Lipinski definition) is 3. The van der Waals surface area contributed by atoms with E-state index in [4.69, 9.17) is 9.84 Å². The average molecular weight is 207 g/mol. The van der Waals surface area contributed by atoms with E-state index in [-0.39, 0.29) is 12.5 Å². The van der Waals surface area contributed by atoms with Crippen LogP contribution < -0.4 is 10.1 Å². The van der Waals surface area contributed by atoms with Gasteiger partial charge in [-0.1, -0.05) is 13.0 Å². The van der Waals surface area contributed by atoms with Crippen LogP contribution in [-0.4, -0.2) is 17.1 Å². The number of fused-ring (bicyclic) bond motifs is 1. The number of carbonyl (C=O) groups is 1. The molecule has 0 spiro atoms. The van der Waals surface area contributed by atoms with Gasteiger partial charge in [0.2, 0.25) is 0 Å². The van der Waals surface area contributed by atoms with Crippen molar-refractivity contribution in [3.63, 3.8) is 0 Å². The first-order chi connectivity index (χ1) is 7.24. The van der Waals surface area contributed by atoms with Crippen molar-refractivity contribution in [2.24, 2.45) is 0 Å². The largest absolute Gasteiger partial charge is 0.478 e. The second kappa shape index (κ2) is 3.90. The molecule has 2 N–H and O–H groups in total. The molecule has 4 heteroatoms. The molecule has 0 aliphatic carbocycles. The first-order valence-electron chi connectivity index (χ1n) is 4.96. The van der Waals surface area contributed by atoms with Crippen LogP contribution in [0.4, 0.5) is 5.69 Å². The second-order valence-corrected chi connectivity index (χ2v) is 3.49. The monoisotopic (exact) mass is 207 g/mol. The van der Waals surface area contributed by atoms with E-state index in [2.05, 4.69) is 5.32 Å². The van der Waals surface area contributed by atoms with Crippen LogP contribution in [0.15, 0.2) is 18.2 Å². The number of nitrogens with one attached hydrogen (secondary N) is 1. The van der Waals surface area contributed by atoms with Gasteiger partial charge in [0.1, 0.15) is 5.75 Å². The lowest BCUT2D eigenvalue weighted by molar-refractivity contribution is -0.123. The molecule has 80 valence electrons. The van der Waals surface area contributed by atoms with Gasteiger partial charge in [-0.2, -0.15) is 0 Å². The molecule has 0 radical (unpaired) electrons. The van der Waals surface area contributed by atoms with Gasteiger partial charge in [0.25, 0.3) is 5.91 Å². The molecule has 1 aliphatic heterocycles. The van der Waals surface area contributed by atoms with Crippen molar-refractivity contribution in [2.45, 2.75) is 26.1 Å². The van der Waals surface area contributed by atoms with Crippen LogP contribution in [0.2, 0.25) is 0 Å². The molecule has 0 saturated heterocycles. The predicted molar refractivity (Wildman–Crippen MR) is 55.7 cm³/mol. The molecule has 0 saturated carbocycles. The van der Waals surface area contributed by atoms with Crippen molar-refractivity contribution in [3.8, 4) is 5.75 Å². The van der Waals surface area contributed by atoms with Gasteiger partial charge >= 0.3 is 0 Å². The Bertz CT molecular complexity index is 389. The fraction of sp³-hybridized carbons (Fsp3) is 0.364. The average Bonchev–Trinajstić information content (AvgIpc) is 2.27. The van der Waals surface area contributed by atoms with Gasteiger partial charge in [0, 0.05) is 0 Å². The molecule has 1 amide bonds. The van der Waals surface area contributed by atoms with Crippen molar-refractivity contribution in [3.05, 3.63) is 23.8 Å². The highest BCUT2D eigenvalue weighted by Crippen LogP contribution is 2.31. The van der Waals surface area contributed by atoms with Crippen molar-refractivity contribution in [1.29, 1.82) is 0 Å². The highest BCUT2D eigenvalue weighted by Gasteiger charge is 2.25. The highest BCUT2D eigenvalue weighted by atomic mass is 16.5. The minimum atomic E-state index is -0.425. The molecule has 1 unspecified atom stereocenters. The first kappa shape index (κ1) is 9.98. The van der Waals surface area contributed by atoms with Crippen LogP contribution in [0.25, 0.3) is 0 Å². The van der Waals surface area contributed by atoms with E-state index in [9.17, 15) is 4.79 Å². The molecule has 1 aromatic rings. The zero-order valence-electron chi connectivity index (χ0n) is 8.49. The zero-order chi connectivity index (χ0) is 10.8. The Labute approximate surface area is 87.9 Å². The lowest BCUT2D eigenvalue weighted by Crippen LogP contribution is -2.36. The van der Waals surface area contributed by atoms with Crippen LogP contribution in [0, 0.1) is 0 Å². The van der Waals surface area contributed by atoms with Gasteiger partial charge in [-0.05, 0) is 24.1 Å². The summed E-state index contributed by atoms with van der Waals surface area (Å²) in [6, 6.07) is 5.25. The van der Waals surface area contributed by atoms with E-state index < -0.39 is 6.10 Å². The second-order valence-electron chi connectivity index (χ2n) is 3.49. The Hall–Kier alpha value is -1.55. The van der Waals surface area contributed by atoms with E-state index >= 15 is 0 Å². The number of benzene rings is 1. The summed E-state index contributed by atoms with van der Waals surface area (Å²) in [4.78, 5) is 11.5. The summed E-state index contributed by atoms with van der Waals surface area (Å²) in [7, 11) is 0. The quantitative estimate of drug-likeness (QED) is 0.768. The van der Waals surface area contributed by atoms with Gasteiger partial charge in [0.05, 0.1) is 12.3 Å². The molecular formula is C11H13NO3. The number of aliphatic hydroxyl groups is 1. The third kappa shape index (κ3) is 1.80. The van der Waals surface area contributed by atoms with Crippen molar-refractivity contribution >= 4 is 11.6 Å². The van der Waals surface area contributed by atoms with E-state index in [1.165, 1.54) is 0 Å². The SMILES string of the molecule is CCC1Oc2cc(CO)ccc2NC1=O. The third-order valence-electron chi connectivity index (χ3n) is 2.42. The van der Waals surface area contributed by atoms with E-state index in [0.29, 0.717) is 17.9 Å². The number of rotatable bonds is 2. The molecule has 1 heterocycles. The normalized spacial score (nSPS) is 19.1. The summed E-state index contributed by atoms with van der Waals surface area (Å²) < 4.78 is 5.51. The zero-order valence-corrected chi connectivity index (χ0v) is 8.49. The summed E-state index contributed by atoms with van der Waals surface area (Å²) in [5.41, 5.74) is 1.45. The Balaban J connectivity index is 2.33. The van der Waals surface area contributed by atoms with E-state index in [0.717, 1.165) is 5.56 Å². The number of amides is 1. The molecule has 1 aliphatic rings. The topological polar surface area (TPSA) is 58.6 Å². The lowest BCUT2D eigenvalue weighted by Gasteiger charge is -2.25. The van der Waals surface area contributed by atoms with Gasteiger partial charge in [-0.3, -0.25) is 4.79 Å². The molecule has 0 fully saturated rings. The lowest BCUT2D eigenvalue weighted by atomic mass is 10.1. The van der Waals surface area contributed by atoms with Crippen LogP contribution in [0.3, 0.4) is 0 Å². The van der Waals surface area contributed by atoms with Crippen LogP contribution in [0.5, 0.6) is 5.75 Å². The van der Waals surface area contributed by atoms with Gasteiger partial charge in [-0.25, -0.2) is 0 Å². The van der Waals surface area contributed by atoms with E-state index in [1.807, 2.05) is 6.92 Å². The maximum atomic E-state index is 11.5. The molecule has 0 bridgehead atoms. The third-order valence-corrected chi connectivity index (χ3v) is 2.42. The number of ether oxygens (including phenoxy) is 1. The van der Waals surface area contributed by atoms with Crippen molar-refractivity contribution in [1.82, 2.24) is 0 Å². The minimum absolute atomic E-state index is 0.0264. The van der Waals surface area contributed by atoms with Crippen molar-refractivity contribution < 1.29 is 14.6 Å².